The van der Waals surface area contributed by atoms with Crippen LogP contribution in [0.15, 0.2) is 48.5 Å². The molecule has 0 radical (unpaired) electrons. The van der Waals surface area contributed by atoms with Crippen molar-refractivity contribution in [1.29, 1.82) is 0 Å². The van der Waals surface area contributed by atoms with Crippen LogP contribution in [-0.4, -0.2) is 37.7 Å². The number of carbonyl (C=O) groups excluding carboxylic acids is 2. The maximum absolute atomic E-state index is 12.7. The Balaban J connectivity index is 2.07. The lowest BCUT2D eigenvalue weighted by Gasteiger charge is -2.13. The molecule has 2 rings (SSSR count). The summed E-state index contributed by atoms with van der Waals surface area (Å²) in [5.74, 6) is 0.0296. The zero-order valence-corrected chi connectivity index (χ0v) is 16.7. The minimum Gasteiger partial charge on any atom is -0.490 e. The van der Waals surface area contributed by atoms with Gasteiger partial charge in [0, 0.05) is 23.9 Å². The predicted octanol–water partition coefficient (Wildman–Crippen LogP) is 3.88. The second kappa shape index (κ2) is 11.1. The van der Waals surface area contributed by atoms with Crippen LogP contribution in [0.5, 0.6) is 5.75 Å². The number of para-hydroxylation sites is 1. The molecule has 0 aliphatic rings. The van der Waals surface area contributed by atoms with Gasteiger partial charge >= 0.3 is 0 Å². The van der Waals surface area contributed by atoms with E-state index in [1.807, 2.05) is 26.8 Å². The topological polar surface area (TPSA) is 76.7 Å². The smallest absolute Gasteiger partial charge is 0.259 e. The molecular formula is C22H28N2O4. The van der Waals surface area contributed by atoms with Gasteiger partial charge in [-0.1, -0.05) is 25.1 Å². The van der Waals surface area contributed by atoms with Crippen LogP contribution in [0.1, 0.15) is 47.9 Å². The molecule has 0 bridgehead atoms. The second-order valence-corrected chi connectivity index (χ2v) is 6.36. The highest BCUT2D eigenvalue weighted by molar-refractivity contribution is 6.06. The van der Waals surface area contributed by atoms with E-state index < -0.39 is 0 Å². The molecule has 6 heteroatoms. The second-order valence-electron chi connectivity index (χ2n) is 6.36. The molecule has 2 N–H and O–H groups in total. The molecule has 0 aliphatic heterocycles. The lowest BCUT2D eigenvalue weighted by atomic mass is 10.1. The number of nitrogens with one attached hydrogen (secondary N) is 2. The third kappa shape index (κ3) is 6.39. The van der Waals surface area contributed by atoms with Crippen LogP contribution in [0.25, 0.3) is 0 Å². The maximum atomic E-state index is 12.7. The van der Waals surface area contributed by atoms with E-state index in [1.54, 1.807) is 42.5 Å². The van der Waals surface area contributed by atoms with Gasteiger partial charge in [0.25, 0.3) is 11.8 Å². The molecule has 0 spiro atoms. The predicted molar refractivity (Wildman–Crippen MR) is 110 cm³/mol. The molecule has 0 aromatic heterocycles. The van der Waals surface area contributed by atoms with Gasteiger partial charge in [-0.05, 0) is 50.6 Å². The summed E-state index contributed by atoms with van der Waals surface area (Å²) in [6, 6.07) is 14.0. The van der Waals surface area contributed by atoms with Crippen molar-refractivity contribution in [2.75, 3.05) is 25.1 Å². The molecule has 0 fully saturated rings. The first-order chi connectivity index (χ1) is 13.5. The molecule has 2 amide bonds. The van der Waals surface area contributed by atoms with Crippen molar-refractivity contribution < 1.29 is 19.1 Å². The maximum Gasteiger partial charge on any atom is 0.259 e. The molecule has 1 unspecified atom stereocenters. The highest BCUT2D eigenvalue weighted by Gasteiger charge is 2.14. The normalized spacial score (nSPS) is 11.5. The quantitative estimate of drug-likeness (QED) is 0.610. The molecule has 0 aliphatic carbocycles. The van der Waals surface area contributed by atoms with Gasteiger partial charge in [-0.15, -0.1) is 0 Å². The van der Waals surface area contributed by atoms with Gasteiger partial charge in [0.1, 0.15) is 12.4 Å². The summed E-state index contributed by atoms with van der Waals surface area (Å²) in [6.45, 7) is 7.32. The van der Waals surface area contributed by atoms with Crippen LogP contribution >= 0.6 is 0 Å². The summed E-state index contributed by atoms with van der Waals surface area (Å²) in [7, 11) is 0. The van der Waals surface area contributed by atoms with Crippen molar-refractivity contribution in [2.45, 2.75) is 33.2 Å². The number of rotatable bonds is 10. The van der Waals surface area contributed by atoms with Crippen LogP contribution in [0, 0.1) is 0 Å². The highest BCUT2D eigenvalue weighted by atomic mass is 16.5. The molecule has 2 aromatic rings. The van der Waals surface area contributed by atoms with Gasteiger partial charge in [-0.2, -0.15) is 0 Å². The van der Waals surface area contributed by atoms with E-state index in [2.05, 4.69) is 10.6 Å². The Morgan fingerprint density at radius 3 is 2.54 bits per heavy atom. The average Bonchev–Trinajstić information content (AvgIpc) is 2.71. The summed E-state index contributed by atoms with van der Waals surface area (Å²) in [5, 5.41) is 5.75. The zero-order valence-electron chi connectivity index (χ0n) is 16.7. The van der Waals surface area contributed by atoms with Gasteiger partial charge in [0.05, 0.1) is 12.2 Å². The fraction of sp³-hybridized carbons (Fsp3) is 0.364. The van der Waals surface area contributed by atoms with Gasteiger partial charge in [-0.3, -0.25) is 9.59 Å². The Morgan fingerprint density at radius 2 is 1.79 bits per heavy atom. The van der Waals surface area contributed by atoms with Gasteiger partial charge in [-0.25, -0.2) is 0 Å². The van der Waals surface area contributed by atoms with E-state index in [0.29, 0.717) is 42.4 Å². The minimum absolute atomic E-state index is 0.0893. The van der Waals surface area contributed by atoms with Gasteiger partial charge < -0.3 is 20.1 Å². The third-order valence-electron chi connectivity index (χ3n) is 4.19. The van der Waals surface area contributed by atoms with Crippen LogP contribution in [0.4, 0.5) is 5.69 Å². The van der Waals surface area contributed by atoms with Crippen molar-refractivity contribution in [3.63, 3.8) is 0 Å². The SMILES string of the molecule is CCOCCOc1ccccc1C(=O)Nc1cccc(C(=O)NC(C)CC)c1. The number of hydrogen-bond donors (Lipinski definition) is 2. The Kier molecular flexibility index (Phi) is 8.49. The van der Waals surface area contributed by atoms with E-state index >= 15 is 0 Å². The number of carbonyl (C=O) groups is 2. The summed E-state index contributed by atoms with van der Waals surface area (Å²) in [4.78, 5) is 25.0. The molecule has 28 heavy (non-hydrogen) atoms. The minimum atomic E-state index is -0.300. The Labute approximate surface area is 166 Å². The summed E-state index contributed by atoms with van der Waals surface area (Å²) < 4.78 is 10.9. The fourth-order valence-electron chi connectivity index (χ4n) is 2.48. The summed E-state index contributed by atoms with van der Waals surface area (Å²) in [5.41, 5.74) is 1.47. The molecular weight excluding hydrogens is 356 g/mol. The lowest BCUT2D eigenvalue weighted by molar-refractivity contribution is 0.0937. The van der Waals surface area contributed by atoms with Crippen LogP contribution in [0.3, 0.4) is 0 Å². The number of ether oxygens (including phenoxy) is 2. The van der Waals surface area contributed by atoms with Crippen molar-refractivity contribution in [3.8, 4) is 5.75 Å². The average molecular weight is 384 g/mol. The highest BCUT2D eigenvalue weighted by Crippen LogP contribution is 2.20. The van der Waals surface area contributed by atoms with E-state index in [9.17, 15) is 9.59 Å². The molecule has 0 saturated heterocycles. The van der Waals surface area contributed by atoms with Crippen molar-refractivity contribution in [3.05, 3.63) is 59.7 Å². The van der Waals surface area contributed by atoms with E-state index in [4.69, 9.17) is 9.47 Å². The molecule has 0 saturated carbocycles. The van der Waals surface area contributed by atoms with Crippen LogP contribution < -0.4 is 15.4 Å². The fourth-order valence-corrected chi connectivity index (χ4v) is 2.48. The van der Waals surface area contributed by atoms with E-state index in [1.165, 1.54) is 0 Å². The third-order valence-corrected chi connectivity index (χ3v) is 4.19. The Morgan fingerprint density at radius 1 is 1.00 bits per heavy atom. The monoisotopic (exact) mass is 384 g/mol. The van der Waals surface area contributed by atoms with Crippen molar-refractivity contribution >= 4 is 17.5 Å². The molecule has 0 heterocycles. The molecule has 2 aromatic carbocycles. The number of hydrogen-bond acceptors (Lipinski definition) is 4. The number of amides is 2. The van der Waals surface area contributed by atoms with E-state index in [-0.39, 0.29) is 17.9 Å². The van der Waals surface area contributed by atoms with Crippen molar-refractivity contribution in [1.82, 2.24) is 5.32 Å². The number of anilines is 1. The standard InChI is InChI=1S/C22H28N2O4/c1-4-16(3)23-21(25)17-9-8-10-18(15-17)24-22(26)19-11-6-7-12-20(19)28-14-13-27-5-2/h6-12,15-16H,4-5,13-14H2,1-3H3,(H,23,25)(H,24,26). The van der Waals surface area contributed by atoms with Crippen molar-refractivity contribution in [2.24, 2.45) is 0 Å². The molecule has 1 atom stereocenters. The molecule has 150 valence electrons. The van der Waals surface area contributed by atoms with Gasteiger partial charge in [0.15, 0.2) is 0 Å². The van der Waals surface area contributed by atoms with E-state index in [0.717, 1.165) is 6.42 Å². The van der Waals surface area contributed by atoms with Crippen LogP contribution in [-0.2, 0) is 4.74 Å². The first-order valence-electron chi connectivity index (χ1n) is 9.57. The first kappa shape index (κ1) is 21.4. The Hall–Kier alpha value is -2.86. The van der Waals surface area contributed by atoms with Gasteiger partial charge in [0.2, 0.25) is 0 Å². The first-order valence-corrected chi connectivity index (χ1v) is 9.57. The van der Waals surface area contributed by atoms with Crippen LogP contribution in [0.2, 0.25) is 0 Å². The largest absolute Gasteiger partial charge is 0.490 e. The molecule has 6 nitrogen and oxygen atoms in total. The number of benzene rings is 2. The Bertz CT molecular complexity index is 792. The summed E-state index contributed by atoms with van der Waals surface area (Å²) in [6.07, 6.45) is 0.849. The lowest BCUT2D eigenvalue weighted by Crippen LogP contribution is -2.31. The summed E-state index contributed by atoms with van der Waals surface area (Å²) >= 11 is 0. The zero-order chi connectivity index (χ0) is 20.4.